The van der Waals surface area contributed by atoms with Crippen LogP contribution in [0.1, 0.15) is 51.0 Å². The topological polar surface area (TPSA) is 49.4 Å². The molecule has 0 atom stereocenters. The van der Waals surface area contributed by atoms with Crippen LogP contribution in [0.3, 0.4) is 0 Å². The fraction of sp³-hybridized carbons (Fsp3) is 0.667. The van der Waals surface area contributed by atoms with E-state index in [0.717, 1.165) is 30.9 Å². The third kappa shape index (κ3) is 4.72. The molecule has 24 heavy (non-hydrogen) atoms. The lowest BCUT2D eigenvalue weighted by Crippen LogP contribution is -2.45. The number of sulfonamides is 1. The van der Waals surface area contributed by atoms with Gasteiger partial charge in [0.15, 0.2) is 0 Å². The van der Waals surface area contributed by atoms with Gasteiger partial charge in [0.1, 0.15) is 0 Å². The van der Waals surface area contributed by atoms with Gasteiger partial charge in [0.05, 0.1) is 4.90 Å². The minimum Gasteiger partial charge on any atom is -0.314 e. The summed E-state index contributed by atoms with van der Waals surface area (Å²) in [5.41, 5.74) is 1.08. The molecule has 1 aliphatic carbocycles. The van der Waals surface area contributed by atoms with Crippen LogP contribution < -0.4 is 5.32 Å². The third-order valence-corrected chi connectivity index (χ3v) is 6.90. The quantitative estimate of drug-likeness (QED) is 0.832. The Labute approximate surface area is 152 Å². The van der Waals surface area contributed by atoms with E-state index in [-0.39, 0.29) is 12.4 Å². The minimum absolute atomic E-state index is 0. The molecule has 0 amide bonds. The third-order valence-electron chi connectivity index (χ3n) is 5.01. The predicted octanol–water partition coefficient (Wildman–Crippen LogP) is 3.38. The summed E-state index contributed by atoms with van der Waals surface area (Å²) in [4.78, 5) is 0.438. The summed E-state index contributed by atoms with van der Waals surface area (Å²) < 4.78 is 27.4. The van der Waals surface area contributed by atoms with Crippen molar-refractivity contribution in [1.29, 1.82) is 0 Å². The van der Waals surface area contributed by atoms with Crippen molar-refractivity contribution in [3.05, 3.63) is 29.8 Å². The second kappa shape index (κ2) is 8.17. The Balaban J connectivity index is 0.00000208. The van der Waals surface area contributed by atoms with Crippen LogP contribution in [-0.2, 0) is 10.0 Å². The molecule has 0 bridgehead atoms. The predicted molar refractivity (Wildman–Crippen MR) is 100 cm³/mol. The Morgan fingerprint density at radius 2 is 1.83 bits per heavy atom. The molecular weight excluding hydrogens is 344 g/mol. The van der Waals surface area contributed by atoms with Crippen molar-refractivity contribution in [2.24, 2.45) is 5.92 Å². The molecule has 1 saturated carbocycles. The SMILES string of the molecule is CC(C)c1cccc(S(=O)(=O)N2CCC(NCC3CC3)CC2)c1.Cl. The number of nitrogens with zero attached hydrogens (tertiary/aromatic N) is 1. The highest BCUT2D eigenvalue weighted by Gasteiger charge is 2.30. The highest BCUT2D eigenvalue weighted by molar-refractivity contribution is 7.89. The van der Waals surface area contributed by atoms with Crippen LogP contribution in [-0.4, -0.2) is 38.4 Å². The van der Waals surface area contributed by atoms with E-state index >= 15 is 0 Å². The summed E-state index contributed by atoms with van der Waals surface area (Å²) in [6.07, 6.45) is 4.53. The van der Waals surface area contributed by atoms with Crippen LogP contribution in [0, 0.1) is 5.92 Å². The molecule has 0 spiro atoms. The number of piperidine rings is 1. The van der Waals surface area contributed by atoms with Gasteiger partial charge in [-0.15, -0.1) is 12.4 Å². The number of nitrogens with one attached hydrogen (secondary N) is 1. The summed E-state index contributed by atoms with van der Waals surface area (Å²) in [5, 5.41) is 3.60. The van der Waals surface area contributed by atoms with E-state index in [0.29, 0.717) is 29.9 Å². The molecule has 2 fully saturated rings. The second-order valence-electron chi connectivity index (χ2n) is 7.26. The number of hydrogen-bond donors (Lipinski definition) is 1. The number of hydrogen-bond acceptors (Lipinski definition) is 3. The van der Waals surface area contributed by atoms with Crippen LogP contribution in [0.4, 0.5) is 0 Å². The van der Waals surface area contributed by atoms with Crippen molar-refractivity contribution in [3.8, 4) is 0 Å². The molecule has 2 aliphatic rings. The fourth-order valence-corrected chi connectivity index (χ4v) is 4.66. The normalized spacial score (nSPS) is 20.1. The molecule has 3 rings (SSSR count). The average Bonchev–Trinajstić information content (AvgIpc) is 3.38. The summed E-state index contributed by atoms with van der Waals surface area (Å²) in [6.45, 7) is 6.52. The zero-order chi connectivity index (χ0) is 16.4. The van der Waals surface area contributed by atoms with Crippen molar-refractivity contribution < 1.29 is 8.42 Å². The van der Waals surface area contributed by atoms with Crippen LogP contribution in [0.2, 0.25) is 0 Å². The first-order chi connectivity index (χ1) is 11.0. The van der Waals surface area contributed by atoms with Crippen molar-refractivity contribution in [2.45, 2.75) is 56.4 Å². The highest BCUT2D eigenvalue weighted by Crippen LogP contribution is 2.28. The van der Waals surface area contributed by atoms with Gasteiger partial charge in [-0.1, -0.05) is 26.0 Å². The lowest BCUT2D eigenvalue weighted by atomic mass is 10.0. The molecule has 0 aromatic heterocycles. The summed E-state index contributed by atoms with van der Waals surface area (Å²) >= 11 is 0. The highest BCUT2D eigenvalue weighted by atomic mass is 35.5. The van der Waals surface area contributed by atoms with E-state index in [2.05, 4.69) is 19.2 Å². The van der Waals surface area contributed by atoms with Gasteiger partial charge < -0.3 is 5.32 Å². The van der Waals surface area contributed by atoms with Crippen molar-refractivity contribution >= 4 is 22.4 Å². The van der Waals surface area contributed by atoms with E-state index in [4.69, 9.17) is 0 Å². The van der Waals surface area contributed by atoms with E-state index in [9.17, 15) is 8.42 Å². The number of benzene rings is 1. The van der Waals surface area contributed by atoms with Gasteiger partial charge in [0, 0.05) is 19.1 Å². The molecule has 0 unspecified atom stereocenters. The Morgan fingerprint density at radius 3 is 2.42 bits per heavy atom. The van der Waals surface area contributed by atoms with Gasteiger partial charge in [-0.05, 0) is 61.8 Å². The molecule has 1 aromatic carbocycles. The standard InChI is InChI=1S/C18H28N2O2S.ClH/c1-14(2)16-4-3-5-18(12-16)23(21,22)20-10-8-17(9-11-20)19-13-15-6-7-15;/h3-5,12,14-15,17,19H,6-11,13H2,1-2H3;1H. The van der Waals surface area contributed by atoms with Crippen LogP contribution in [0.5, 0.6) is 0 Å². The Hall–Kier alpha value is -0.620. The van der Waals surface area contributed by atoms with Crippen molar-refractivity contribution in [2.75, 3.05) is 19.6 Å². The maximum Gasteiger partial charge on any atom is 0.243 e. The second-order valence-corrected chi connectivity index (χ2v) is 9.20. The lowest BCUT2D eigenvalue weighted by Gasteiger charge is -2.32. The number of halogens is 1. The Bertz CT molecular complexity index is 636. The summed E-state index contributed by atoms with van der Waals surface area (Å²) in [7, 11) is -3.35. The van der Waals surface area contributed by atoms with Gasteiger partial charge in [-0.3, -0.25) is 0 Å². The molecule has 1 N–H and O–H groups in total. The van der Waals surface area contributed by atoms with Crippen LogP contribution in [0.15, 0.2) is 29.2 Å². The van der Waals surface area contributed by atoms with Gasteiger partial charge in [-0.25, -0.2) is 8.42 Å². The smallest absolute Gasteiger partial charge is 0.243 e. The van der Waals surface area contributed by atoms with Crippen molar-refractivity contribution in [1.82, 2.24) is 9.62 Å². The van der Waals surface area contributed by atoms with E-state index in [1.165, 1.54) is 12.8 Å². The molecule has 1 heterocycles. The van der Waals surface area contributed by atoms with Gasteiger partial charge in [0.25, 0.3) is 0 Å². The molecule has 1 saturated heterocycles. The van der Waals surface area contributed by atoms with Crippen molar-refractivity contribution in [3.63, 3.8) is 0 Å². The summed E-state index contributed by atoms with van der Waals surface area (Å²) in [5.74, 6) is 1.21. The molecule has 136 valence electrons. The molecule has 4 nitrogen and oxygen atoms in total. The van der Waals surface area contributed by atoms with Crippen LogP contribution >= 0.6 is 12.4 Å². The monoisotopic (exact) mass is 372 g/mol. The molecule has 0 radical (unpaired) electrons. The van der Waals surface area contributed by atoms with Gasteiger partial charge >= 0.3 is 0 Å². The lowest BCUT2D eigenvalue weighted by molar-refractivity contribution is 0.288. The van der Waals surface area contributed by atoms with Gasteiger partial charge in [-0.2, -0.15) is 4.31 Å². The van der Waals surface area contributed by atoms with E-state index in [1.807, 2.05) is 18.2 Å². The first-order valence-corrected chi connectivity index (χ1v) is 10.2. The Morgan fingerprint density at radius 1 is 1.17 bits per heavy atom. The first kappa shape index (κ1) is 19.7. The maximum atomic E-state index is 12.9. The maximum absolute atomic E-state index is 12.9. The first-order valence-electron chi connectivity index (χ1n) is 8.80. The van der Waals surface area contributed by atoms with E-state index < -0.39 is 10.0 Å². The summed E-state index contributed by atoms with van der Waals surface area (Å²) in [6, 6.07) is 7.88. The minimum atomic E-state index is -3.35. The Kier molecular flexibility index (Phi) is 6.71. The van der Waals surface area contributed by atoms with Gasteiger partial charge in [0.2, 0.25) is 10.0 Å². The molecule has 1 aromatic rings. The zero-order valence-electron chi connectivity index (χ0n) is 14.6. The molecule has 6 heteroatoms. The largest absolute Gasteiger partial charge is 0.314 e. The fourth-order valence-electron chi connectivity index (χ4n) is 3.14. The average molecular weight is 373 g/mol. The number of rotatable bonds is 6. The molecular formula is C18H29ClN2O2S. The van der Waals surface area contributed by atoms with Crippen LogP contribution in [0.25, 0.3) is 0 Å². The zero-order valence-corrected chi connectivity index (χ0v) is 16.2. The van der Waals surface area contributed by atoms with E-state index in [1.54, 1.807) is 10.4 Å². The molecule has 1 aliphatic heterocycles.